The number of aromatic nitrogens is 3. The van der Waals surface area contributed by atoms with Crippen molar-refractivity contribution in [2.45, 2.75) is 39.2 Å². The van der Waals surface area contributed by atoms with Crippen LogP contribution < -0.4 is 10.9 Å². The lowest BCUT2D eigenvalue weighted by Gasteiger charge is -2.07. The Balaban J connectivity index is 1.58. The summed E-state index contributed by atoms with van der Waals surface area (Å²) in [4.78, 5) is 30.4. The first kappa shape index (κ1) is 20.7. The summed E-state index contributed by atoms with van der Waals surface area (Å²) in [6.45, 7) is 5.39. The van der Waals surface area contributed by atoms with E-state index < -0.39 is 0 Å². The monoisotopic (exact) mass is 446 g/mol. The van der Waals surface area contributed by atoms with E-state index in [1.165, 1.54) is 22.1 Å². The third-order valence-electron chi connectivity index (χ3n) is 5.42. The smallest absolute Gasteiger partial charge is 0.277 e. The van der Waals surface area contributed by atoms with Gasteiger partial charge in [0.2, 0.25) is 0 Å². The molecule has 0 bridgehead atoms. The van der Waals surface area contributed by atoms with Gasteiger partial charge in [-0.15, -0.1) is 11.3 Å². The molecule has 1 N–H and O–H groups in total. The maximum absolute atomic E-state index is 14.1. The third-order valence-corrected chi connectivity index (χ3v) is 6.92. The molecule has 1 amide bonds. The van der Waals surface area contributed by atoms with Crippen LogP contribution in [0.5, 0.6) is 0 Å². The summed E-state index contributed by atoms with van der Waals surface area (Å²) in [5.74, 6) is -0.788. The Morgan fingerprint density at radius 2 is 2.03 bits per heavy atom. The molecule has 156 valence electrons. The first-order valence-corrected chi connectivity index (χ1v) is 10.7. The van der Waals surface area contributed by atoms with E-state index in [1.54, 1.807) is 26.1 Å². The Kier molecular flexibility index (Phi) is 5.23. The molecule has 0 radical (unpaired) electrons. The molecule has 1 aromatic carbocycles. The van der Waals surface area contributed by atoms with Crippen LogP contribution in [0.25, 0.3) is 10.6 Å². The summed E-state index contributed by atoms with van der Waals surface area (Å²) in [6.07, 6.45) is 0.625. The minimum Gasteiger partial charge on any atom is -0.348 e. The average Bonchev–Trinajstić information content (AvgIpc) is 3.30. The number of hydrogen-bond acceptors (Lipinski definition) is 5. The van der Waals surface area contributed by atoms with Gasteiger partial charge in [-0.3, -0.25) is 9.59 Å². The molecule has 2 atom stereocenters. The first-order chi connectivity index (χ1) is 14.2. The maximum Gasteiger partial charge on any atom is 0.277 e. The zero-order valence-electron chi connectivity index (χ0n) is 16.9. The molecule has 0 unspecified atom stereocenters. The Labute approximate surface area is 181 Å². The molecule has 4 rings (SSSR count). The number of amides is 1. The average molecular weight is 447 g/mol. The van der Waals surface area contributed by atoms with Gasteiger partial charge in [0.05, 0.1) is 17.0 Å². The van der Waals surface area contributed by atoms with Gasteiger partial charge < -0.3 is 5.32 Å². The number of carbonyl (C=O) groups excluding carboxylic acids is 1. The van der Waals surface area contributed by atoms with Crippen molar-refractivity contribution in [3.63, 3.8) is 0 Å². The third kappa shape index (κ3) is 3.54. The number of nitrogens with one attached hydrogen (secondary N) is 1. The highest BCUT2D eigenvalue weighted by molar-refractivity contribution is 7.17. The van der Waals surface area contributed by atoms with Crippen molar-refractivity contribution in [3.8, 4) is 10.6 Å². The lowest BCUT2D eigenvalue weighted by Crippen LogP contribution is -2.26. The summed E-state index contributed by atoms with van der Waals surface area (Å²) in [7, 11) is 1.59. The van der Waals surface area contributed by atoms with Crippen LogP contribution in [0.4, 0.5) is 4.39 Å². The van der Waals surface area contributed by atoms with Crippen LogP contribution in [0.2, 0.25) is 5.02 Å². The molecule has 1 saturated carbocycles. The van der Waals surface area contributed by atoms with Gasteiger partial charge in [-0.1, -0.05) is 17.7 Å². The quantitative estimate of drug-likeness (QED) is 0.659. The predicted molar refractivity (Wildman–Crippen MR) is 115 cm³/mol. The zero-order chi connectivity index (χ0) is 21.7. The second-order valence-electron chi connectivity index (χ2n) is 7.51. The number of thiazole rings is 1. The van der Waals surface area contributed by atoms with E-state index in [9.17, 15) is 14.0 Å². The van der Waals surface area contributed by atoms with Gasteiger partial charge in [0, 0.05) is 29.6 Å². The maximum atomic E-state index is 14.1. The van der Waals surface area contributed by atoms with Crippen LogP contribution in [-0.4, -0.2) is 26.7 Å². The number of rotatable bonds is 4. The number of hydrogen-bond donors (Lipinski definition) is 1. The SMILES string of the molecule is Cc1nc(-c2c(C)c(C)nn(C)c2=O)sc1C(=O)N[C@H]1C[C@@H]1c1c(F)cccc1Cl. The molecule has 6 nitrogen and oxygen atoms in total. The summed E-state index contributed by atoms with van der Waals surface area (Å²) in [5, 5.41) is 7.98. The molecule has 3 aromatic rings. The van der Waals surface area contributed by atoms with E-state index in [0.717, 1.165) is 11.3 Å². The van der Waals surface area contributed by atoms with Crippen LogP contribution in [0.1, 0.15) is 44.5 Å². The minimum atomic E-state index is -0.361. The molecule has 0 aliphatic heterocycles. The highest BCUT2D eigenvalue weighted by atomic mass is 35.5. The van der Waals surface area contributed by atoms with Gasteiger partial charge in [-0.2, -0.15) is 5.10 Å². The van der Waals surface area contributed by atoms with Crippen LogP contribution in [-0.2, 0) is 7.05 Å². The zero-order valence-corrected chi connectivity index (χ0v) is 18.5. The van der Waals surface area contributed by atoms with Crippen LogP contribution in [0.3, 0.4) is 0 Å². The highest BCUT2D eigenvalue weighted by Crippen LogP contribution is 2.45. The molecule has 30 heavy (non-hydrogen) atoms. The van der Waals surface area contributed by atoms with Crippen molar-refractivity contribution in [2.24, 2.45) is 7.05 Å². The standard InChI is InChI=1S/C21H20ClFN4O2S/c1-9-10(2)26-27(4)21(29)16(9)20-24-11(3)18(30-20)19(28)25-15-8-12(15)17-13(22)6-5-7-14(17)23/h5-7,12,15H,8H2,1-4H3,(H,25,28)/t12-,15-/m0/s1. The van der Waals surface area contributed by atoms with E-state index >= 15 is 0 Å². The van der Waals surface area contributed by atoms with E-state index in [0.29, 0.717) is 38.1 Å². The second-order valence-corrected chi connectivity index (χ2v) is 8.91. The molecule has 1 aliphatic rings. The van der Waals surface area contributed by atoms with E-state index in [1.807, 2.05) is 13.8 Å². The first-order valence-electron chi connectivity index (χ1n) is 9.46. The van der Waals surface area contributed by atoms with Crippen molar-refractivity contribution in [2.75, 3.05) is 0 Å². The number of carbonyl (C=O) groups is 1. The molecule has 2 aromatic heterocycles. The fourth-order valence-corrected chi connectivity index (χ4v) is 4.95. The summed E-state index contributed by atoms with van der Waals surface area (Å²) < 4.78 is 15.4. The highest BCUT2D eigenvalue weighted by Gasteiger charge is 2.42. The second kappa shape index (κ2) is 7.59. The molecule has 1 aliphatic carbocycles. The van der Waals surface area contributed by atoms with E-state index in [4.69, 9.17) is 11.6 Å². The molecule has 1 fully saturated rings. The summed E-state index contributed by atoms with van der Waals surface area (Å²) >= 11 is 7.31. The molecule has 0 spiro atoms. The lowest BCUT2D eigenvalue weighted by atomic mass is 10.1. The van der Waals surface area contributed by atoms with Gasteiger partial charge >= 0.3 is 0 Å². The Bertz CT molecular complexity index is 1220. The topological polar surface area (TPSA) is 76.9 Å². The van der Waals surface area contributed by atoms with Crippen LogP contribution in [0.15, 0.2) is 23.0 Å². The van der Waals surface area contributed by atoms with Crippen molar-refractivity contribution in [3.05, 3.63) is 66.8 Å². The fourth-order valence-electron chi connectivity index (χ4n) is 3.59. The van der Waals surface area contributed by atoms with Crippen LogP contribution in [0, 0.1) is 26.6 Å². The molecular weight excluding hydrogens is 427 g/mol. The molecule has 9 heteroatoms. The fraction of sp³-hybridized carbons (Fsp3) is 0.333. The summed E-state index contributed by atoms with van der Waals surface area (Å²) in [6, 6.07) is 4.40. The molecule has 0 saturated heterocycles. The predicted octanol–water partition coefficient (Wildman–Crippen LogP) is 3.91. The van der Waals surface area contributed by atoms with Gasteiger partial charge in [0.25, 0.3) is 11.5 Å². The summed E-state index contributed by atoms with van der Waals surface area (Å²) in [5.41, 5.74) is 2.67. The number of benzene rings is 1. The van der Waals surface area contributed by atoms with Gasteiger partial charge in [-0.05, 0) is 44.9 Å². The largest absolute Gasteiger partial charge is 0.348 e. The Morgan fingerprint density at radius 1 is 1.30 bits per heavy atom. The Hall–Kier alpha value is -2.58. The van der Waals surface area contributed by atoms with Crippen molar-refractivity contribution >= 4 is 28.8 Å². The molecule has 2 heterocycles. The van der Waals surface area contributed by atoms with E-state index in [2.05, 4.69) is 15.4 Å². The Morgan fingerprint density at radius 3 is 2.73 bits per heavy atom. The lowest BCUT2D eigenvalue weighted by molar-refractivity contribution is 0.0953. The number of halogens is 2. The van der Waals surface area contributed by atoms with Gasteiger partial charge in [0.15, 0.2) is 0 Å². The van der Waals surface area contributed by atoms with Gasteiger partial charge in [-0.25, -0.2) is 14.1 Å². The normalized spacial score (nSPS) is 17.8. The van der Waals surface area contributed by atoms with E-state index in [-0.39, 0.29) is 29.2 Å². The van der Waals surface area contributed by atoms with Crippen molar-refractivity contribution in [1.82, 2.24) is 20.1 Å². The number of aryl methyl sites for hydroxylation is 3. The van der Waals surface area contributed by atoms with Crippen molar-refractivity contribution < 1.29 is 9.18 Å². The van der Waals surface area contributed by atoms with Crippen LogP contribution >= 0.6 is 22.9 Å². The number of nitrogens with zero attached hydrogens (tertiary/aromatic N) is 3. The van der Waals surface area contributed by atoms with Gasteiger partial charge in [0.1, 0.15) is 15.7 Å². The molecular formula is C21H20ClFN4O2S. The minimum absolute atomic E-state index is 0.146. The van der Waals surface area contributed by atoms with Crippen molar-refractivity contribution in [1.29, 1.82) is 0 Å².